The van der Waals surface area contributed by atoms with E-state index in [0.29, 0.717) is 37.0 Å². The van der Waals surface area contributed by atoms with Crippen LogP contribution in [0.4, 0.5) is 0 Å². The van der Waals surface area contributed by atoms with Gasteiger partial charge in [0.05, 0.1) is 23.9 Å². The normalized spacial score (nSPS) is 16.0. The molecule has 1 saturated heterocycles. The molecule has 1 aromatic rings. The lowest BCUT2D eigenvalue weighted by atomic mass is 10.3. The fraction of sp³-hybridized carbons (Fsp3) is 0.562. The van der Waals surface area contributed by atoms with Gasteiger partial charge in [-0.2, -0.15) is 4.31 Å². The van der Waals surface area contributed by atoms with E-state index in [1.165, 1.54) is 16.1 Å². The highest BCUT2D eigenvalue weighted by atomic mass is 32.2. The molecule has 1 N–H and O–H groups in total. The molecule has 0 bridgehead atoms. The topological polar surface area (TPSA) is 87.2 Å². The Labute approximate surface area is 153 Å². The standard InChI is InChI=1S/C16H24N2O5S2/c1-2-23-14-3-5-15(6-4-14)25(21,22)18-9-7-17(8-10-18)16(20)13-24-12-11-19/h3-6,19H,2,7-13H2,1H3. The molecule has 1 aromatic carbocycles. The smallest absolute Gasteiger partial charge is 0.243 e. The number of hydrogen-bond donors (Lipinski definition) is 1. The van der Waals surface area contributed by atoms with Crippen LogP contribution in [-0.2, 0) is 14.8 Å². The number of aliphatic hydroxyl groups is 1. The first-order chi connectivity index (χ1) is 12.0. The van der Waals surface area contributed by atoms with Gasteiger partial charge in [0.15, 0.2) is 0 Å². The number of amides is 1. The Bertz CT molecular complexity index is 656. The fourth-order valence-electron chi connectivity index (χ4n) is 2.52. The van der Waals surface area contributed by atoms with E-state index < -0.39 is 10.0 Å². The summed E-state index contributed by atoms with van der Waals surface area (Å²) in [6.45, 7) is 3.78. The highest BCUT2D eigenvalue weighted by molar-refractivity contribution is 7.99. The van der Waals surface area contributed by atoms with E-state index in [9.17, 15) is 13.2 Å². The number of nitrogens with zero attached hydrogens (tertiary/aromatic N) is 2. The van der Waals surface area contributed by atoms with Crippen LogP contribution in [0.1, 0.15) is 6.92 Å². The summed E-state index contributed by atoms with van der Waals surface area (Å²) in [5.74, 6) is 1.46. The quantitative estimate of drug-likeness (QED) is 0.658. The zero-order valence-electron chi connectivity index (χ0n) is 14.3. The molecule has 1 heterocycles. The minimum atomic E-state index is -3.56. The van der Waals surface area contributed by atoms with Crippen LogP contribution >= 0.6 is 11.8 Å². The summed E-state index contributed by atoms with van der Waals surface area (Å²) in [6.07, 6.45) is 0. The molecule has 140 valence electrons. The van der Waals surface area contributed by atoms with Crippen molar-refractivity contribution < 1.29 is 23.1 Å². The molecule has 1 fully saturated rings. The van der Waals surface area contributed by atoms with Crippen LogP contribution in [0.2, 0.25) is 0 Å². The third-order valence-corrected chi connectivity index (χ3v) is 6.66. The highest BCUT2D eigenvalue weighted by Crippen LogP contribution is 2.21. The second-order valence-corrected chi connectivity index (χ2v) is 8.51. The average molecular weight is 389 g/mol. The lowest BCUT2D eigenvalue weighted by Crippen LogP contribution is -2.51. The van der Waals surface area contributed by atoms with Crippen molar-refractivity contribution in [2.24, 2.45) is 0 Å². The minimum Gasteiger partial charge on any atom is -0.494 e. The monoisotopic (exact) mass is 388 g/mol. The Morgan fingerprint density at radius 1 is 1.20 bits per heavy atom. The predicted octanol–water partition coefficient (Wildman–Crippen LogP) is 0.644. The number of hydrogen-bond acceptors (Lipinski definition) is 6. The molecule has 0 aromatic heterocycles. The van der Waals surface area contributed by atoms with Crippen molar-refractivity contribution in [3.05, 3.63) is 24.3 Å². The van der Waals surface area contributed by atoms with Crippen LogP contribution in [0.25, 0.3) is 0 Å². The van der Waals surface area contributed by atoms with E-state index in [-0.39, 0.29) is 30.5 Å². The summed E-state index contributed by atoms with van der Waals surface area (Å²) in [5, 5.41) is 8.74. The maximum atomic E-state index is 12.7. The van der Waals surface area contributed by atoms with Gasteiger partial charge in [0.2, 0.25) is 15.9 Å². The minimum absolute atomic E-state index is 0.0171. The highest BCUT2D eigenvalue weighted by Gasteiger charge is 2.29. The molecule has 0 unspecified atom stereocenters. The van der Waals surface area contributed by atoms with Gasteiger partial charge in [0, 0.05) is 31.9 Å². The van der Waals surface area contributed by atoms with Gasteiger partial charge in [0.25, 0.3) is 0 Å². The van der Waals surface area contributed by atoms with E-state index in [0.717, 1.165) is 0 Å². The maximum absolute atomic E-state index is 12.7. The fourth-order valence-corrected chi connectivity index (χ4v) is 4.57. The Morgan fingerprint density at radius 2 is 1.84 bits per heavy atom. The Kier molecular flexibility index (Phi) is 7.55. The zero-order valence-corrected chi connectivity index (χ0v) is 15.9. The van der Waals surface area contributed by atoms with Gasteiger partial charge in [-0.05, 0) is 31.2 Å². The second kappa shape index (κ2) is 9.42. The summed E-state index contributed by atoms with van der Waals surface area (Å²) < 4.78 is 32.1. The van der Waals surface area contributed by atoms with Gasteiger partial charge in [-0.1, -0.05) is 0 Å². The van der Waals surface area contributed by atoms with Crippen molar-refractivity contribution >= 4 is 27.7 Å². The van der Waals surface area contributed by atoms with Crippen LogP contribution in [0.15, 0.2) is 29.2 Å². The summed E-state index contributed by atoms with van der Waals surface area (Å²) >= 11 is 1.38. The first kappa shape index (κ1) is 20.0. The molecule has 0 spiro atoms. The number of rotatable bonds is 8. The van der Waals surface area contributed by atoms with Gasteiger partial charge in [-0.3, -0.25) is 4.79 Å². The molecule has 0 atom stereocenters. The van der Waals surface area contributed by atoms with Crippen molar-refractivity contribution in [3.8, 4) is 5.75 Å². The number of thioether (sulfide) groups is 1. The molecule has 0 saturated carbocycles. The number of ether oxygens (including phenoxy) is 1. The van der Waals surface area contributed by atoms with Crippen LogP contribution in [0.3, 0.4) is 0 Å². The second-order valence-electron chi connectivity index (χ2n) is 5.47. The first-order valence-corrected chi connectivity index (χ1v) is 10.8. The van der Waals surface area contributed by atoms with Crippen molar-refractivity contribution in [1.82, 2.24) is 9.21 Å². The molecule has 1 aliphatic heterocycles. The number of aliphatic hydroxyl groups excluding tert-OH is 1. The molecule has 2 rings (SSSR count). The van der Waals surface area contributed by atoms with E-state index in [4.69, 9.17) is 9.84 Å². The van der Waals surface area contributed by atoms with E-state index in [1.54, 1.807) is 29.2 Å². The molecule has 1 aliphatic rings. The maximum Gasteiger partial charge on any atom is 0.243 e. The summed E-state index contributed by atoms with van der Waals surface area (Å²) in [6, 6.07) is 6.38. The summed E-state index contributed by atoms with van der Waals surface area (Å²) in [5.41, 5.74) is 0. The molecule has 25 heavy (non-hydrogen) atoms. The predicted molar refractivity (Wildman–Crippen MR) is 97.4 cm³/mol. The number of sulfonamides is 1. The number of benzene rings is 1. The van der Waals surface area contributed by atoms with Gasteiger partial charge in [-0.25, -0.2) is 8.42 Å². The van der Waals surface area contributed by atoms with Crippen LogP contribution in [0.5, 0.6) is 5.75 Å². The molecule has 0 radical (unpaired) electrons. The van der Waals surface area contributed by atoms with E-state index in [2.05, 4.69) is 0 Å². The van der Waals surface area contributed by atoms with Gasteiger partial charge < -0.3 is 14.7 Å². The molecule has 7 nitrogen and oxygen atoms in total. The Morgan fingerprint density at radius 3 is 2.40 bits per heavy atom. The SMILES string of the molecule is CCOc1ccc(S(=O)(=O)N2CCN(C(=O)CSCCO)CC2)cc1. The molecule has 1 amide bonds. The third kappa shape index (κ3) is 5.34. The Hall–Kier alpha value is -1.29. The largest absolute Gasteiger partial charge is 0.494 e. The van der Waals surface area contributed by atoms with Gasteiger partial charge >= 0.3 is 0 Å². The van der Waals surface area contributed by atoms with Gasteiger partial charge in [-0.15, -0.1) is 11.8 Å². The molecule has 9 heteroatoms. The third-order valence-electron chi connectivity index (χ3n) is 3.83. The first-order valence-electron chi connectivity index (χ1n) is 8.18. The van der Waals surface area contributed by atoms with Crippen molar-refractivity contribution in [2.45, 2.75) is 11.8 Å². The molecule has 0 aliphatic carbocycles. The molecular weight excluding hydrogens is 364 g/mol. The lowest BCUT2D eigenvalue weighted by Gasteiger charge is -2.34. The zero-order chi connectivity index (χ0) is 18.3. The van der Waals surface area contributed by atoms with Crippen molar-refractivity contribution in [1.29, 1.82) is 0 Å². The van der Waals surface area contributed by atoms with Gasteiger partial charge in [0.1, 0.15) is 5.75 Å². The van der Waals surface area contributed by atoms with E-state index >= 15 is 0 Å². The molecular formula is C16H24N2O5S2. The lowest BCUT2D eigenvalue weighted by molar-refractivity contribution is -0.129. The van der Waals surface area contributed by atoms with Crippen molar-refractivity contribution in [3.63, 3.8) is 0 Å². The van der Waals surface area contributed by atoms with Crippen LogP contribution in [-0.4, -0.2) is 79.5 Å². The average Bonchev–Trinajstić information content (AvgIpc) is 2.63. The Balaban J connectivity index is 1.93. The summed E-state index contributed by atoms with van der Waals surface area (Å²) in [4.78, 5) is 13.9. The summed E-state index contributed by atoms with van der Waals surface area (Å²) in [7, 11) is -3.56. The number of carbonyl (C=O) groups excluding carboxylic acids is 1. The van der Waals surface area contributed by atoms with E-state index in [1.807, 2.05) is 6.92 Å². The van der Waals surface area contributed by atoms with Crippen molar-refractivity contribution in [2.75, 3.05) is 50.9 Å². The number of piperazine rings is 1. The number of carbonyl (C=O) groups is 1. The van der Waals surface area contributed by atoms with Crippen LogP contribution in [0, 0.1) is 0 Å². The van der Waals surface area contributed by atoms with Crippen LogP contribution < -0.4 is 4.74 Å².